The highest BCUT2D eigenvalue weighted by molar-refractivity contribution is 6.28. The quantitative estimate of drug-likeness (QED) is 0.715. The summed E-state index contributed by atoms with van der Waals surface area (Å²) >= 11 is 5.84. The highest BCUT2D eigenvalue weighted by Gasteiger charge is 2.10. The topological polar surface area (TPSA) is 84.1 Å². The molecule has 3 aromatic rings. The van der Waals surface area contributed by atoms with E-state index in [4.69, 9.17) is 16.0 Å². The van der Waals surface area contributed by atoms with Crippen LogP contribution in [-0.2, 0) is 6.54 Å². The number of phenolic OH excluding ortho intramolecular Hbond substituents is 1. The van der Waals surface area contributed by atoms with Gasteiger partial charge in [-0.25, -0.2) is 15.0 Å². The summed E-state index contributed by atoms with van der Waals surface area (Å²) in [6.45, 7) is 0.366. The largest absolute Gasteiger partial charge is 0.506 e. The molecular weight excluding hydrogens is 268 g/mol. The molecule has 0 aliphatic carbocycles. The number of benzene rings is 1. The number of rotatable bonds is 3. The van der Waals surface area contributed by atoms with Crippen molar-refractivity contribution in [2.45, 2.75) is 6.54 Å². The molecule has 0 saturated heterocycles. The predicted octanol–water partition coefficient (Wildman–Crippen LogP) is 2.59. The van der Waals surface area contributed by atoms with Gasteiger partial charge in [-0.1, -0.05) is 6.07 Å². The second-order valence-electron chi connectivity index (χ2n) is 3.79. The van der Waals surface area contributed by atoms with Gasteiger partial charge in [-0.05, 0) is 23.7 Å². The van der Waals surface area contributed by atoms with Gasteiger partial charge in [0.15, 0.2) is 0 Å². The Labute approximate surface area is 113 Å². The minimum absolute atomic E-state index is 0.0565. The van der Waals surface area contributed by atoms with Crippen molar-refractivity contribution in [2.75, 3.05) is 5.32 Å². The second kappa shape index (κ2) is 4.74. The van der Waals surface area contributed by atoms with Gasteiger partial charge in [0.25, 0.3) is 0 Å². The van der Waals surface area contributed by atoms with Crippen LogP contribution in [0.2, 0.25) is 5.28 Å². The molecule has 0 atom stereocenters. The van der Waals surface area contributed by atoms with Gasteiger partial charge in [0.05, 0.1) is 12.7 Å². The van der Waals surface area contributed by atoms with Crippen LogP contribution in [0, 0.1) is 0 Å². The predicted molar refractivity (Wildman–Crippen MR) is 70.0 cm³/mol. The van der Waals surface area contributed by atoms with E-state index in [-0.39, 0.29) is 11.0 Å². The standard InChI is InChI=1S/C12H9ClN4O2/c13-12-16-10-7(2-1-3-8(10)18)11(17-12)15-6-9-14-4-5-19-9/h1-5,18H,6H2,(H,15,16,17). The molecule has 1 aromatic carbocycles. The number of nitrogens with zero attached hydrogens (tertiary/aromatic N) is 3. The maximum absolute atomic E-state index is 9.76. The first-order valence-electron chi connectivity index (χ1n) is 5.51. The van der Waals surface area contributed by atoms with E-state index in [1.807, 2.05) is 0 Å². The summed E-state index contributed by atoms with van der Waals surface area (Å²) in [5.41, 5.74) is 0.400. The zero-order chi connectivity index (χ0) is 13.2. The first-order valence-corrected chi connectivity index (χ1v) is 5.89. The zero-order valence-electron chi connectivity index (χ0n) is 9.67. The van der Waals surface area contributed by atoms with E-state index in [0.717, 1.165) is 0 Å². The van der Waals surface area contributed by atoms with E-state index in [2.05, 4.69) is 20.3 Å². The molecule has 2 heterocycles. The molecule has 2 N–H and O–H groups in total. The molecule has 0 saturated carbocycles. The fraction of sp³-hybridized carbons (Fsp3) is 0.0833. The molecule has 0 spiro atoms. The molecule has 2 aromatic heterocycles. The fourth-order valence-electron chi connectivity index (χ4n) is 1.74. The number of aromatic nitrogens is 3. The Hall–Kier alpha value is -2.34. The fourth-order valence-corrected chi connectivity index (χ4v) is 1.91. The molecule has 0 amide bonds. The third-order valence-electron chi connectivity index (χ3n) is 2.57. The average molecular weight is 277 g/mol. The lowest BCUT2D eigenvalue weighted by atomic mass is 10.2. The maximum Gasteiger partial charge on any atom is 0.225 e. The van der Waals surface area contributed by atoms with Crippen LogP contribution in [0.4, 0.5) is 5.82 Å². The first kappa shape index (κ1) is 11.7. The lowest BCUT2D eigenvalue weighted by molar-refractivity contribution is 0.480. The Morgan fingerprint density at radius 1 is 1.32 bits per heavy atom. The van der Waals surface area contributed by atoms with Gasteiger partial charge >= 0.3 is 0 Å². The van der Waals surface area contributed by atoms with Crippen LogP contribution in [0.25, 0.3) is 10.9 Å². The highest BCUT2D eigenvalue weighted by Crippen LogP contribution is 2.28. The van der Waals surface area contributed by atoms with Gasteiger partial charge in [0.2, 0.25) is 11.2 Å². The van der Waals surface area contributed by atoms with Crippen molar-refractivity contribution < 1.29 is 9.52 Å². The number of hydrogen-bond donors (Lipinski definition) is 2. The summed E-state index contributed by atoms with van der Waals surface area (Å²) in [4.78, 5) is 12.1. The lowest BCUT2D eigenvalue weighted by Gasteiger charge is -2.08. The van der Waals surface area contributed by atoms with Gasteiger partial charge in [-0.15, -0.1) is 0 Å². The minimum Gasteiger partial charge on any atom is -0.506 e. The van der Waals surface area contributed by atoms with Crippen molar-refractivity contribution in [1.29, 1.82) is 0 Å². The number of fused-ring (bicyclic) bond motifs is 1. The van der Waals surface area contributed by atoms with Gasteiger partial charge in [-0.3, -0.25) is 0 Å². The van der Waals surface area contributed by atoms with Crippen LogP contribution in [0.5, 0.6) is 5.75 Å². The Morgan fingerprint density at radius 2 is 2.21 bits per heavy atom. The zero-order valence-corrected chi connectivity index (χ0v) is 10.4. The number of para-hydroxylation sites is 1. The number of anilines is 1. The molecule has 0 bridgehead atoms. The minimum atomic E-state index is 0.0565. The normalized spacial score (nSPS) is 10.8. The number of phenols is 1. The lowest BCUT2D eigenvalue weighted by Crippen LogP contribution is -2.03. The third-order valence-corrected chi connectivity index (χ3v) is 2.74. The van der Waals surface area contributed by atoms with Crippen molar-refractivity contribution >= 4 is 28.3 Å². The van der Waals surface area contributed by atoms with E-state index >= 15 is 0 Å². The Morgan fingerprint density at radius 3 is 3.00 bits per heavy atom. The summed E-state index contributed by atoms with van der Waals surface area (Å²) in [6, 6.07) is 5.05. The Kier molecular flexibility index (Phi) is 2.92. The number of oxazole rings is 1. The molecule has 0 fully saturated rings. The molecule has 7 heteroatoms. The smallest absolute Gasteiger partial charge is 0.225 e. The van der Waals surface area contributed by atoms with E-state index in [0.29, 0.717) is 29.2 Å². The van der Waals surface area contributed by atoms with E-state index in [1.165, 1.54) is 6.26 Å². The molecule has 3 rings (SSSR count). The van der Waals surface area contributed by atoms with Gasteiger partial charge in [0.1, 0.15) is 23.3 Å². The highest BCUT2D eigenvalue weighted by atomic mass is 35.5. The van der Waals surface area contributed by atoms with Crippen molar-refractivity contribution in [1.82, 2.24) is 15.0 Å². The molecule has 6 nitrogen and oxygen atoms in total. The number of hydrogen-bond acceptors (Lipinski definition) is 6. The SMILES string of the molecule is Oc1cccc2c(NCc3ncco3)nc(Cl)nc12. The molecule has 0 unspecified atom stereocenters. The van der Waals surface area contributed by atoms with E-state index < -0.39 is 0 Å². The Balaban J connectivity index is 2.00. The number of nitrogens with one attached hydrogen (secondary N) is 1. The van der Waals surface area contributed by atoms with E-state index in [9.17, 15) is 5.11 Å². The maximum atomic E-state index is 9.76. The molecule has 19 heavy (non-hydrogen) atoms. The second-order valence-corrected chi connectivity index (χ2v) is 4.13. The summed E-state index contributed by atoms with van der Waals surface area (Å²) < 4.78 is 5.12. The van der Waals surface area contributed by atoms with Crippen molar-refractivity contribution in [3.63, 3.8) is 0 Å². The molecule has 0 aliphatic heterocycles. The van der Waals surface area contributed by atoms with Gasteiger partial charge < -0.3 is 14.8 Å². The van der Waals surface area contributed by atoms with Crippen LogP contribution in [-0.4, -0.2) is 20.1 Å². The van der Waals surface area contributed by atoms with E-state index in [1.54, 1.807) is 24.4 Å². The molecule has 0 radical (unpaired) electrons. The summed E-state index contributed by atoms with van der Waals surface area (Å²) in [7, 11) is 0. The van der Waals surface area contributed by atoms with Crippen LogP contribution >= 0.6 is 11.6 Å². The molecular formula is C12H9ClN4O2. The van der Waals surface area contributed by atoms with Crippen molar-refractivity contribution in [3.8, 4) is 5.75 Å². The summed E-state index contributed by atoms with van der Waals surface area (Å²) in [5.74, 6) is 1.10. The van der Waals surface area contributed by atoms with Crippen molar-refractivity contribution in [2.24, 2.45) is 0 Å². The van der Waals surface area contributed by atoms with Crippen LogP contribution < -0.4 is 5.32 Å². The van der Waals surface area contributed by atoms with Crippen LogP contribution in [0.3, 0.4) is 0 Å². The molecule has 96 valence electrons. The van der Waals surface area contributed by atoms with Crippen LogP contribution in [0.15, 0.2) is 35.1 Å². The van der Waals surface area contributed by atoms with Crippen LogP contribution in [0.1, 0.15) is 5.89 Å². The Bertz CT molecular complexity index is 715. The van der Waals surface area contributed by atoms with Gasteiger partial charge in [-0.2, -0.15) is 0 Å². The molecule has 0 aliphatic rings. The third kappa shape index (κ3) is 2.30. The monoisotopic (exact) mass is 276 g/mol. The number of aromatic hydroxyl groups is 1. The van der Waals surface area contributed by atoms with Gasteiger partial charge in [0, 0.05) is 5.39 Å². The summed E-state index contributed by atoms with van der Waals surface area (Å²) in [6.07, 6.45) is 3.06. The average Bonchev–Trinajstić information content (AvgIpc) is 2.90. The number of halogens is 1. The summed E-state index contributed by atoms with van der Waals surface area (Å²) in [5, 5.41) is 13.6. The van der Waals surface area contributed by atoms with Crippen molar-refractivity contribution in [3.05, 3.63) is 41.8 Å². The first-order chi connectivity index (χ1) is 9.24.